The Kier molecular flexibility index (Phi) is 24.8. The highest BCUT2D eigenvalue weighted by atomic mass is 19.1. The maximum atomic E-state index is 13.8. The second-order valence-electron chi connectivity index (χ2n) is 33.0. The number of anilines is 2. The van der Waals surface area contributed by atoms with Gasteiger partial charge in [0.1, 0.15) is 51.8 Å². The van der Waals surface area contributed by atoms with Crippen LogP contribution in [0.1, 0.15) is 221 Å². The zero-order chi connectivity index (χ0) is 87.2. The molecular weight excluding hydrogens is 1590 g/mol. The Morgan fingerprint density at radius 2 is 1.13 bits per heavy atom. The van der Waals surface area contributed by atoms with Crippen molar-refractivity contribution in [3.63, 3.8) is 0 Å². The van der Waals surface area contributed by atoms with Crippen molar-refractivity contribution in [1.29, 1.82) is 5.41 Å². The number of benzene rings is 6. The largest absolute Gasteiger partial charge is 0.457 e. The summed E-state index contributed by atoms with van der Waals surface area (Å²) >= 11 is 0. The number of hydrogen-bond acceptors (Lipinski definition) is 22. The van der Waals surface area contributed by atoms with Gasteiger partial charge in [-0.3, -0.25) is 29.8 Å². The van der Waals surface area contributed by atoms with E-state index in [0.29, 0.717) is 115 Å². The maximum absolute atomic E-state index is 13.8. The Labute approximate surface area is 723 Å². The number of aromatic nitrogens is 20. The van der Waals surface area contributed by atoms with Gasteiger partial charge in [-0.05, 0) is 161 Å². The van der Waals surface area contributed by atoms with Crippen molar-refractivity contribution in [2.75, 3.05) is 25.0 Å². The van der Waals surface area contributed by atoms with Gasteiger partial charge in [0.2, 0.25) is 11.6 Å². The number of nitrogens with one attached hydrogen (secondary N) is 6. The molecule has 3 saturated carbocycles. The Morgan fingerprint density at radius 3 is 1.80 bits per heavy atom. The molecule has 0 radical (unpaired) electrons. The molecule has 2 aliphatic heterocycles. The molecule has 3 aliphatic carbocycles. The van der Waals surface area contributed by atoms with Crippen LogP contribution >= 0.6 is 0 Å². The highest BCUT2D eigenvalue weighted by Gasteiger charge is 2.32. The predicted octanol–water partition coefficient (Wildman–Crippen LogP) is 16.5. The molecule has 0 spiro atoms. The van der Waals surface area contributed by atoms with Crippen molar-refractivity contribution in [1.82, 2.24) is 104 Å². The molecule has 10 aromatic heterocycles. The van der Waals surface area contributed by atoms with Crippen LogP contribution in [0.5, 0.6) is 11.5 Å². The number of rotatable bonds is 17. The summed E-state index contributed by atoms with van der Waals surface area (Å²) in [5, 5.41) is 42.2. The SMILES string of the molecule is Cc1ccc(C(=O)c2nn(C3CCNC3)c3ncncc23)cc1.Cc1cccc(C(=N)c2nn(C3CCCC3)c3nc(=O)[nH]c(C)c23)c1.Cc1cccc(C(=O)c2nn(C3CCCC3)c3nc(C)ncc23)c1.Cc1cccc(Nc2nn(C3CCCC3)c3nc(F)nc(C)c23)c1.O=c1[nH]c(=O)c2c(Cc3ccccc3Oc3ccccc3)nn(C3CCCO3)c2[nH]1. The minimum absolute atomic E-state index is 0.0621. The number of aromatic amines is 3. The van der Waals surface area contributed by atoms with Crippen LogP contribution in [-0.2, 0) is 11.2 Å². The first-order valence-corrected chi connectivity index (χ1v) is 43.1. The number of carbonyl (C=O) groups is 2. The molecule has 5 aliphatic rings. The third-order valence-electron chi connectivity index (χ3n) is 23.8. The number of fused-ring (bicyclic) bond motifs is 5. The number of halogens is 1. The quantitative estimate of drug-likeness (QED) is 0.0280. The number of hydrogen-bond donors (Lipinski definition) is 6. The third-order valence-corrected chi connectivity index (χ3v) is 23.8. The standard InChI is InChI=1S/C22H20N4O4.C19H21N5O.C19H20N4O.C18H20FN5.C17H17N5O/c27-21-19-16(25-26(18-11-6-12-29-18)20(19)23-22(28)24-21)13-14-7-4-5-10-17(14)30-15-8-2-1-3-9-15;1-11-6-5-7-13(10-11)16(20)17-15-12(2)21-19(25)22-18(15)24(23-17)14-8-3-4-9-14;1-12-6-5-7-14(10-12)18(24)17-16-11-20-13(2)21-19(16)23(22-17)15-8-3-4-9-15;1-11-6-5-7-13(10-11)21-16-15-12(2)20-18(19)22-17(15)24(23-16)14-8-3-4-9-14;1-11-2-4-12(5-3-11)16(23)15-14-9-19-10-20-17(14)22(21-15)13-6-7-18-8-13/h1-5,7-10,18H,6,11-13H2,(H2,23,24,27,28);5-7,10,14,20H,3-4,8-9H2,1-2H3,(H,21,22,25);5-7,10-11,15H,3-4,8-9H2,1-2H3;5-7,10,14H,3-4,8-9H2,1-2H3,(H,21,23);2-5,9-10,13,18H,6-8H2,1H3. The third kappa shape index (κ3) is 18.2. The minimum atomic E-state index is -0.693. The molecule has 31 heteroatoms. The molecule has 6 N–H and O–H groups in total. The van der Waals surface area contributed by atoms with Crippen molar-refractivity contribution in [2.45, 2.75) is 182 Å². The number of nitrogens with zero attached hydrogens (tertiary/aromatic N) is 17. The molecule has 16 aromatic rings. The van der Waals surface area contributed by atoms with E-state index in [0.717, 1.165) is 138 Å². The van der Waals surface area contributed by atoms with E-state index in [1.165, 1.54) is 50.4 Å². The van der Waals surface area contributed by atoms with Gasteiger partial charge in [-0.2, -0.15) is 39.9 Å². The predicted molar refractivity (Wildman–Crippen MR) is 479 cm³/mol. The minimum Gasteiger partial charge on any atom is -0.457 e. The fourth-order valence-electron chi connectivity index (χ4n) is 17.5. The summed E-state index contributed by atoms with van der Waals surface area (Å²) in [4.78, 5) is 99.4. The first-order valence-electron chi connectivity index (χ1n) is 43.1. The lowest BCUT2D eigenvalue weighted by Gasteiger charge is -2.11. The molecule has 2 saturated heterocycles. The van der Waals surface area contributed by atoms with E-state index in [-0.39, 0.29) is 41.6 Å². The molecule has 6 aromatic carbocycles. The van der Waals surface area contributed by atoms with E-state index in [9.17, 15) is 28.4 Å². The smallest absolute Gasteiger partial charge is 0.347 e. The summed E-state index contributed by atoms with van der Waals surface area (Å²) in [5.74, 6) is 2.66. The maximum Gasteiger partial charge on any atom is 0.347 e. The molecule has 2 atom stereocenters. The zero-order valence-electron chi connectivity index (χ0n) is 71.3. The van der Waals surface area contributed by atoms with Gasteiger partial charge in [0.15, 0.2) is 34.6 Å². The van der Waals surface area contributed by atoms with E-state index in [2.05, 4.69) is 81.8 Å². The topological polar surface area (TPSA) is 378 Å². The average Bonchev–Trinajstić information content (AvgIpc) is 1.61. The van der Waals surface area contributed by atoms with Gasteiger partial charge in [-0.1, -0.05) is 164 Å². The fourth-order valence-corrected chi connectivity index (χ4v) is 17.5. The Bertz CT molecular complexity index is 6910. The van der Waals surface area contributed by atoms with Crippen LogP contribution in [0.25, 0.3) is 55.2 Å². The molecule has 0 bridgehead atoms. The lowest BCUT2D eigenvalue weighted by molar-refractivity contribution is 0.0495. The van der Waals surface area contributed by atoms with Crippen LogP contribution in [0.4, 0.5) is 15.9 Å². The summed E-state index contributed by atoms with van der Waals surface area (Å²) in [5.41, 5.74) is 13.8. The van der Waals surface area contributed by atoms with Crippen LogP contribution in [0.15, 0.2) is 185 Å². The van der Waals surface area contributed by atoms with Crippen molar-refractivity contribution in [3.8, 4) is 11.5 Å². The summed E-state index contributed by atoms with van der Waals surface area (Å²) in [6, 6.07) is 49.4. The summed E-state index contributed by atoms with van der Waals surface area (Å²) in [6.45, 7) is 16.0. The lowest BCUT2D eigenvalue weighted by Crippen LogP contribution is -2.23. The van der Waals surface area contributed by atoms with E-state index < -0.39 is 17.3 Å². The normalized spacial score (nSPS) is 15.9. The molecule has 30 nitrogen and oxygen atoms in total. The Morgan fingerprint density at radius 1 is 0.524 bits per heavy atom. The number of para-hydroxylation sites is 2. The van der Waals surface area contributed by atoms with E-state index in [4.69, 9.17) is 25.1 Å². The molecule has 21 rings (SSSR count). The lowest BCUT2D eigenvalue weighted by atomic mass is 10.0. The van der Waals surface area contributed by atoms with E-state index >= 15 is 0 Å². The van der Waals surface area contributed by atoms with Crippen LogP contribution in [0, 0.1) is 60.0 Å². The van der Waals surface area contributed by atoms with Crippen molar-refractivity contribution < 1.29 is 23.5 Å². The van der Waals surface area contributed by atoms with E-state index in [1.54, 1.807) is 24.0 Å². The second kappa shape index (κ2) is 37.2. The van der Waals surface area contributed by atoms with E-state index in [1.807, 2.05) is 206 Å². The summed E-state index contributed by atoms with van der Waals surface area (Å²) < 4.78 is 34.8. The molecule has 5 fully saturated rings. The van der Waals surface area contributed by atoms with Gasteiger partial charge in [0, 0.05) is 65.6 Å². The van der Waals surface area contributed by atoms with Gasteiger partial charge in [0.25, 0.3) is 5.56 Å². The number of carbonyl (C=O) groups excluding carboxylic acids is 2. The number of ketones is 2. The molecular formula is C95H98FN23O7. The molecule has 126 heavy (non-hydrogen) atoms. The molecule has 642 valence electrons. The van der Waals surface area contributed by atoms with Gasteiger partial charge < -0.3 is 25.1 Å². The summed E-state index contributed by atoms with van der Waals surface area (Å²) in [6.07, 6.45) is 20.5. The van der Waals surface area contributed by atoms with Gasteiger partial charge in [0.05, 0.1) is 62.8 Å². The Balaban J connectivity index is 0.000000111. The number of H-pyrrole nitrogens is 3. The number of aryl methyl sites for hydroxylation is 7. The van der Waals surface area contributed by atoms with Gasteiger partial charge in [-0.25, -0.2) is 57.9 Å². The van der Waals surface area contributed by atoms with Crippen molar-refractivity contribution >= 4 is 84.0 Å². The highest BCUT2D eigenvalue weighted by Crippen LogP contribution is 2.39. The van der Waals surface area contributed by atoms with Crippen LogP contribution in [0.2, 0.25) is 0 Å². The fraction of sp³-hybridized carbons (Fsp3) is 0.326. The molecule has 2 unspecified atom stereocenters. The van der Waals surface area contributed by atoms with Crippen molar-refractivity contribution in [2.24, 2.45) is 0 Å². The van der Waals surface area contributed by atoms with Gasteiger partial charge in [-0.15, -0.1) is 0 Å². The Hall–Kier alpha value is -14.1. The van der Waals surface area contributed by atoms with Crippen molar-refractivity contribution in [3.05, 3.63) is 292 Å². The summed E-state index contributed by atoms with van der Waals surface area (Å²) in [7, 11) is 0. The van der Waals surface area contributed by atoms with Crippen LogP contribution < -0.4 is 32.3 Å². The average molecular weight is 1690 g/mol. The molecule has 0 amide bonds. The highest BCUT2D eigenvalue weighted by molar-refractivity contribution is 6.17. The van der Waals surface area contributed by atoms with Crippen LogP contribution in [-0.4, -0.2) is 136 Å². The van der Waals surface area contributed by atoms with Gasteiger partial charge >= 0.3 is 17.5 Å². The molecule has 12 heterocycles. The zero-order valence-corrected chi connectivity index (χ0v) is 71.3. The second-order valence-corrected chi connectivity index (χ2v) is 33.0. The first-order chi connectivity index (χ1) is 61.2. The first kappa shape index (κ1) is 84.2. The monoisotopic (exact) mass is 1690 g/mol. The number of ether oxygens (including phenoxy) is 2. The van der Waals surface area contributed by atoms with Crippen LogP contribution in [0.3, 0.4) is 0 Å².